The maximum atomic E-state index is 8.55. The Morgan fingerprint density at radius 1 is 1.38 bits per heavy atom. The zero-order chi connectivity index (χ0) is 11.5. The van der Waals surface area contributed by atoms with Crippen molar-refractivity contribution in [1.82, 2.24) is 4.98 Å². The van der Waals surface area contributed by atoms with Crippen LogP contribution >= 0.6 is 27.5 Å². The van der Waals surface area contributed by atoms with E-state index >= 15 is 0 Å². The Morgan fingerprint density at radius 2 is 2.19 bits per heavy atom. The molecule has 0 fully saturated rings. The summed E-state index contributed by atoms with van der Waals surface area (Å²) in [5, 5.41) is 10.1. The first-order valence-electron chi connectivity index (χ1n) is 4.82. The van der Waals surface area contributed by atoms with Gasteiger partial charge in [-0.15, -0.1) is 0 Å². The fourth-order valence-electron chi connectivity index (χ4n) is 1.53. The van der Waals surface area contributed by atoms with E-state index in [4.69, 9.17) is 16.9 Å². The van der Waals surface area contributed by atoms with Gasteiger partial charge in [0.05, 0.1) is 11.6 Å². The Hall–Kier alpha value is -1.11. The van der Waals surface area contributed by atoms with Gasteiger partial charge in [-0.2, -0.15) is 5.26 Å². The zero-order valence-electron chi connectivity index (χ0n) is 8.37. The first-order valence-corrected chi connectivity index (χ1v) is 5.99. The highest BCUT2D eigenvalue weighted by atomic mass is 79.9. The third-order valence-corrected chi connectivity index (χ3v) is 3.13. The summed E-state index contributed by atoms with van der Waals surface area (Å²) in [4.78, 5) is 4.30. The highest BCUT2D eigenvalue weighted by molar-refractivity contribution is 9.10. The normalized spacial score (nSPS) is 10.3. The SMILES string of the molecule is N#CCCc1cc2cc(Br)ccc2nc1Cl. The number of nitriles is 1. The molecule has 16 heavy (non-hydrogen) atoms. The van der Waals surface area contributed by atoms with Crippen LogP contribution in [0.15, 0.2) is 28.7 Å². The van der Waals surface area contributed by atoms with Gasteiger partial charge in [0.25, 0.3) is 0 Å². The van der Waals surface area contributed by atoms with E-state index in [1.165, 1.54) is 0 Å². The molecule has 0 spiro atoms. The number of aromatic nitrogens is 1. The molecule has 0 bridgehead atoms. The third-order valence-electron chi connectivity index (χ3n) is 2.31. The second-order valence-electron chi connectivity index (χ2n) is 3.43. The standard InChI is InChI=1S/C12H8BrClN2/c13-10-3-4-11-9(7-10)6-8(2-1-5-15)12(14)16-11/h3-4,6-7H,1-2H2. The van der Waals surface area contributed by atoms with E-state index in [9.17, 15) is 0 Å². The molecule has 0 aliphatic carbocycles. The topological polar surface area (TPSA) is 36.7 Å². The minimum atomic E-state index is 0.459. The second-order valence-corrected chi connectivity index (χ2v) is 4.71. The molecule has 0 N–H and O–H groups in total. The molecule has 0 aliphatic heterocycles. The Labute approximate surface area is 107 Å². The van der Waals surface area contributed by atoms with Gasteiger partial charge in [0, 0.05) is 16.3 Å². The first kappa shape index (κ1) is 11.4. The van der Waals surface area contributed by atoms with Crippen molar-refractivity contribution in [1.29, 1.82) is 5.26 Å². The van der Waals surface area contributed by atoms with Crippen LogP contribution in [-0.4, -0.2) is 4.98 Å². The van der Waals surface area contributed by atoms with Gasteiger partial charge in [-0.05, 0) is 36.2 Å². The molecule has 0 saturated heterocycles. The first-order chi connectivity index (χ1) is 7.70. The Bertz CT molecular complexity index is 575. The van der Waals surface area contributed by atoms with Crippen LogP contribution in [0.25, 0.3) is 10.9 Å². The van der Waals surface area contributed by atoms with E-state index in [0.717, 1.165) is 20.9 Å². The number of pyridine rings is 1. The van der Waals surface area contributed by atoms with Crippen LogP contribution in [0.4, 0.5) is 0 Å². The number of fused-ring (bicyclic) bond motifs is 1. The Kier molecular flexibility index (Phi) is 3.42. The van der Waals surface area contributed by atoms with Crippen molar-refractivity contribution in [2.45, 2.75) is 12.8 Å². The van der Waals surface area contributed by atoms with E-state index in [1.807, 2.05) is 24.3 Å². The van der Waals surface area contributed by atoms with Crippen molar-refractivity contribution < 1.29 is 0 Å². The molecule has 1 aromatic heterocycles. The number of rotatable bonds is 2. The summed E-state index contributed by atoms with van der Waals surface area (Å²) in [5.74, 6) is 0. The highest BCUT2D eigenvalue weighted by Crippen LogP contribution is 2.24. The van der Waals surface area contributed by atoms with E-state index in [0.29, 0.717) is 18.0 Å². The van der Waals surface area contributed by atoms with Gasteiger partial charge in [0.15, 0.2) is 0 Å². The van der Waals surface area contributed by atoms with Crippen molar-refractivity contribution in [3.63, 3.8) is 0 Å². The molecule has 0 aliphatic rings. The highest BCUT2D eigenvalue weighted by Gasteiger charge is 2.05. The predicted molar refractivity (Wildman–Crippen MR) is 68.4 cm³/mol. The molecule has 0 radical (unpaired) electrons. The van der Waals surface area contributed by atoms with Gasteiger partial charge in [-0.1, -0.05) is 27.5 Å². The molecule has 1 heterocycles. The number of hydrogen-bond acceptors (Lipinski definition) is 2. The summed E-state index contributed by atoms with van der Waals surface area (Å²) in [7, 11) is 0. The summed E-state index contributed by atoms with van der Waals surface area (Å²) >= 11 is 9.46. The predicted octanol–water partition coefficient (Wildman–Crippen LogP) is 4.11. The lowest BCUT2D eigenvalue weighted by molar-refractivity contribution is 1.00. The molecule has 0 unspecified atom stereocenters. The Balaban J connectivity index is 2.51. The van der Waals surface area contributed by atoms with Gasteiger partial charge < -0.3 is 0 Å². The number of aryl methyl sites for hydroxylation is 1. The molecule has 1 aromatic carbocycles. The summed E-state index contributed by atoms with van der Waals surface area (Å²) < 4.78 is 1.01. The summed E-state index contributed by atoms with van der Waals surface area (Å²) in [6.07, 6.45) is 1.10. The van der Waals surface area contributed by atoms with E-state index in [2.05, 4.69) is 27.0 Å². The fourth-order valence-corrected chi connectivity index (χ4v) is 2.15. The quantitative estimate of drug-likeness (QED) is 0.782. The smallest absolute Gasteiger partial charge is 0.133 e. The molecule has 0 atom stereocenters. The van der Waals surface area contributed by atoms with Gasteiger partial charge in [0.1, 0.15) is 5.15 Å². The molecule has 0 amide bonds. The molecule has 0 saturated carbocycles. The summed E-state index contributed by atoms with van der Waals surface area (Å²) in [6, 6.07) is 9.94. The van der Waals surface area contributed by atoms with E-state index in [1.54, 1.807) is 0 Å². The van der Waals surface area contributed by atoms with Crippen LogP contribution in [0.5, 0.6) is 0 Å². The largest absolute Gasteiger partial charge is 0.236 e. The average Bonchev–Trinajstić information content (AvgIpc) is 2.27. The molecule has 2 aromatic rings. The van der Waals surface area contributed by atoms with E-state index < -0.39 is 0 Å². The number of nitrogens with zero attached hydrogens (tertiary/aromatic N) is 2. The number of halogens is 2. The minimum absolute atomic E-state index is 0.459. The summed E-state index contributed by atoms with van der Waals surface area (Å²) in [5.41, 5.74) is 1.79. The van der Waals surface area contributed by atoms with Crippen molar-refractivity contribution in [2.24, 2.45) is 0 Å². The lowest BCUT2D eigenvalue weighted by Gasteiger charge is -2.04. The molecule has 2 rings (SSSR count). The number of benzene rings is 1. The van der Waals surface area contributed by atoms with Crippen molar-refractivity contribution in [2.75, 3.05) is 0 Å². The molecular formula is C12H8BrClN2. The molecular weight excluding hydrogens is 288 g/mol. The molecule has 80 valence electrons. The maximum absolute atomic E-state index is 8.55. The fraction of sp³-hybridized carbons (Fsp3) is 0.167. The van der Waals surface area contributed by atoms with Crippen LogP contribution in [-0.2, 0) is 6.42 Å². The summed E-state index contributed by atoms with van der Waals surface area (Å²) in [6.45, 7) is 0. The van der Waals surface area contributed by atoms with Crippen LogP contribution < -0.4 is 0 Å². The lowest BCUT2D eigenvalue weighted by atomic mass is 10.1. The monoisotopic (exact) mass is 294 g/mol. The minimum Gasteiger partial charge on any atom is -0.236 e. The van der Waals surface area contributed by atoms with Gasteiger partial charge in [-0.25, -0.2) is 4.98 Å². The number of hydrogen-bond donors (Lipinski definition) is 0. The lowest BCUT2D eigenvalue weighted by Crippen LogP contribution is -1.90. The Morgan fingerprint density at radius 3 is 2.94 bits per heavy atom. The van der Waals surface area contributed by atoms with Crippen LogP contribution in [0, 0.1) is 11.3 Å². The third kappa shape index (κ3) is 2.34. The van der Waals surface area contributed by atoms with Crippen molar-refractivity contribution >= 4 is 38.4 Å². The van der Waals surface area contributed by atoms with Gasteiger partial charge >= 0.3 is 0 Å². The zero-order valence-corrected chi connectivity index (χ0v) is 10.7. The van der Waals surface area contributed by atoms with Crippen molar-refractivity contribution in [3.05, 3.63) is 39.5 Å². The molecule has 4 heteroatoms. The van der Waals surface area contributed by atoms with Crippen molar-refractivity contribution in [3.8, 4) is 6.07 Å². The van der Waals surface area contributed by atoms with Crippen LogP contribution in [0.2, 0.25) is 5.15 Å². The average molecular weight is 296 g/mol. The maximum Gasteiger partial charge on any atom is 0.133 e. The van der Waals surface area contributed by atoms with Gasteiger partial charge in [-0.3, -0.25) is 0 Å². The van der Waals surface area contributed by atoms with E-state index in [-0.39, 0.29) is 0 Å². The van der Waals surface area contributed by atoms with Gasteiger partial charge in [0.2, 0.25) is 0 Å². The van der Waals surface area contributed by atoms with Crippen LogP contribution in [0.3, 0.4) is 0 Å². The van der Waals surface area contributed by atoms with Crippen LogP contribution in [0.1, 0.15) is 12.0 Å². The second kappa shape index (κ2) is 4.82. The molecule has 2 nitrogen and oxygen atoms in total.